The number of ether oxygens (including phenoxy) is 1. The second-order valence-electron chi connectivity index (χ2n) is 9.37. The van der Waals surface area contributed by atoms with Gasteiger partial charge in [0.2, 0.25) is 5.78 Å². The fourth-order valence-corrected chi connectivity index (χ4v) is 5.82. The van der Waals surface area contributed by atoms with Crippen molar-refractivity contribution in [3.05, 3.63) is 51.5 Å². The highest BCUT2D eigenvalue weighted by molar-refractivity contribution is 6.25. The van der Waals surface area contributed by atoms with Crippen molar-refractivity contribution in [2.24, 2.45) is 17.6 Å². The van der Waals surface area contributed by atoms with Crippen LogP contribution in [0.25, 0.3) is 0 Å². The van der Waals surface area contributed by atoms with Gasteiger partial charge in [0.1, 0.15) is 28.4 Å². The van der Waals surface area contributed by atoms with Gasteiger partial charge in [-0.1, -0.05) is 13.0 Å². The molecule has 0 saturated carbocycles. The number of nitrogens with two attached hydrogens (primary N) is 1. The summed E-state index contributed by atoms with van der Waals surface area (Å²) in [6, 6.07) is 1.77. The van der Waals surface area contributed by atoms with Crippen LogP contribution in [0.4, 0.5) is 0 Å². The quantitative estimate of drug-likeness (QED) is 0.297. The molecular formula is C24H26N2O9. The van der Waals surface area contributed by atoms with E-state index in [1.54, 1.807) is 21.0 Å². The number of ketones is 2. The van der Waals surface area contributed by atoms with Crippen LogP contribution in [0.15, 0.2) is 34.8 Å². The van der Waals surface area contributed by atoms with Gasteiger partial charge in [0.15, 0.2) is 11.4 Å². The van der Waals surface area contributed by atoms with E-state index in [0.29, 0.717) is 5.56 Å². The van der Waals surface area contributed by atoms with Crippen LogP contribution in [0.1, 0.15) is 45.5 Å². The van der Waals surface area contributed by atoms with Crippen LogP contribution in [-0.2, 0) is 14.3 Å². The summed E-state index contributed by atoms with van der Waals surface area (Å²) in [5, 5.41) is 44.4. The van der Waals surface area contributed by atoms with Crippen LogP contribution in [0, 0.1) is 11.8 Å². The molecule has 0 aromatic heterocycles. The molecule has 35 heavy (non-hydrogen) atoms. The number of methoxy groups -OCH3 is 1. The predicted molar refractivity (Wildman–Crippen MR) is 120 cm³/mol. The zero-order chi connectivity index (χ0) is 26.1. The molecule has 0 spiro atoms. The summed E-state index contributed by atoms with van der Waals surface area (Å²) in [6.07, 6.45) is -0.0214. The number of carbonyl (C=O) groups excluding carboxylic acids is 4. The van der Waals surface area contributed by atoms with Crippen molar-refractivity contribution in [3.8, 4) is 5.75 Å². The van der Waals surface area contributed by atoms with Gasteiger partial charge in [0, 0.05) is 11.5 Å². The average molecular weight is 486 g/mol. The molecule has 11 nitrogen and oxygen atoms in total. The van der Waals surface area contributed by atoms with Crippen molar-refractivity contribution in [1.82, 2.24) is 4.90 Å². The number of likely N-dealkylation sites (N-methyl/N-ethyl adjacent to an activating group) is 1. The summed E-state index contributed by atoms with van der Waals surface area (Å²) >= 11 is 0. The molecule has 3 aliphatic rings. The maximum atomic E-state index is 13.6. The van der Waals surface area contributed by atoms with Crippen LogP contribution < -0.4 is 5.73 Å². The van der Waals surface area contributed by atoms with E-state index in [1.165, 1.54) is 17.0 Å². The Morgan fingerprint density at radius 1 is 1.17 bits per heavy atom. The Morgan fingerprint density at radius 3 is 2.34 bits per heavy atom. The van der Waals surface area contributed by atoms with Gasteiger partial charge >= 0.3 is 5.97 Å². The molecule has 1 aromatic carbocycles. The van der Waals surface area contributed by atoms with Gasteiger partial charge in [-0.25, -0.2) is 4.79 Å². The minimum atomic E-state index is -2.72. The molecule has 6 N–H and O–H groups in total. The van der Waals surface area contributed by atoms with E-state index in [0.717, 1.165) is 7.11 Å². The maximum Gasteiger partial charge on any atom is 0.341 e. The number of aliphatic hydroxyl groups is 3. The van der Waals surface area contributed by atoms with Gasteiger partial charge in [0.05, 0.1) is 18.7 Å². The first-order chi connectivity index (χ1) is 16.3. The van der Waals surface area contributed by atoms with Crippen molar-refractivity contribution >= 4 is 23.4 Å². The van der Waals surface area contributed by atoms with E-state index in [-0.39, 0.29) is 23.1 Å². The number of hydrogen-bond acceptors (Lipinski definition) is 10. The van der Waals surface area contributed by atoms with Crippen LogP contribution >= 0.6 is 0 Å². The Balaban J connectivity index is 1.99. The molecule has 186 valence electrons. The summed E-state index contributed by atoms with van der Waals surface area (Å²) in [7, 11) is 4.23. The third-order valence-corrected chi connectivity index (χ3v) is 7.51. The van der Waals surface area contributed by atoms with Crippen molar-refractivity contribution < 1.29 is 44.3 Å². The first kappa shape index (κ1) is 24.4. The number of esters is 1. The molecule has 1 aromatic rings. The molecule has 1 amide bonds. The number of carbonyl (C=O) groups is 4. The lowest BCUT2D eigenvalue weighted by molar-refractivity contribution is -0.148. The molecule has 0 fully saturated rings. The number of amides is 1. The number of hydrogen-bond donors (Lipinski definition) is 5. The number of rotatable bonds is 3. The maximum absolute atomic E-state index is 13.6. The number of Topliss-reactive ketones (excluding diaryl/α,β-unsaturated/α-hetero) is 2. The molecule has 0 radical (unpaired) electrons. The SMILES string of the molecule is COC(=O)c1ccc2c(c1O)C(=O)C1=C(O)[C@]3(O)C(=O)C(C(N)=O)=C(O)[C@@H](N(C)C)[C@@H]3C[C@@H]1[C@H]2C. The first-order valence-electron chi connectivity index (χ1n) is 10.9. The highest BCUT2D eigenvalue weighted by Gasteiger charge is 2.63. The zero-order valence-electron chi connectivity index (χ0n) is 19.5. The summed E-state index contributed by atoms with van der Waals surface area (Å²) in [5.74, 6) is -8.91. The fraction of sp³-hybridized carbons (Fsp3) is 0.417. The fourth-order valence-electron chi connectivity index (χ4n) is 5.82. The van der Waals surface area contributed by atoms with Gasteiger partial charge in [-0.2, -0.15) is 0 Å². The minimum absolute atomic E-state index is 0.0214. The Morgan fingerprint density at radius 2 is 1.80 bits per heavy atom. The Kier molecular flexibility index (Phi) is 5.53. The van der Waals surface area contributed by atoms with Crippen LogP contribution in [0.3, 0.4) is 0 Å². The van der Waals surface area contributed by atoms with Gasteiger partial charge < -0.3 is 30.9 Å². The molecule has 0 aliphatic heterocycles. The third kappa shape index (κ3) is 3.04. The van der Waals surface area contributed by atoms with Crippen LogP contribution in [0.5, 0.6) is 5.75 Å². The Labute approximate surface area is 200 Å². The lowest BCUT2D eigenvalue weighted by Crippen LogP contribution is -2.64. The standard InChI is InChI=1S/C24H26N2O9/c1-8-9-5-6-10(23(33)35-4)17(27)13(9)18(28)14-11(8)7-12-16(26(2)3)19(29)15(22(25)32)21(31)24(12,34)20(14)30/h5-6,8,11-12,16,27,29-30,34H,7H2,1-4H3,(H2,25,32)/t8-,11+,12-,16-,24-/m0/s1. The molecule has 0 unspecified atom stereocenters. The number of aliphatic hydroxyl groups excluding tert-OH is 2. The number of fused-ring (bicyclic) bond motifs is 3. The normalized spacial score (nSPS) is 30.1. The van der Waals surface area contributed by atoms with Crippen LogP contribution in [0.2, 0.25) is 0 Å². The van der Waals surface area contributed by atoms with Crippen molar-refractivity contribution in [2.75, 3.05) is 21.2 Å². The van der Waals surface area contributed by atoms with Gasteiger partial charge in [-0.3, -0.25) is 19.3 Å². The lowest BCUT2D eigenvalue weighted by Gasteiger charge is -2.51. The largest absolute Gasteiger partial charge is 0.510 e. The zero-order valence-corrected chi connectivity index (χ0v) is 19.5. The number of aromatic hydroxyl groups is 1. The number of allylic oxidation sites excluding steroid dienone is 1. The highest BCUT2D eigenvalue weighted by Crippen LogP contribution is 2.55. The summed E-state index contributed by atoms with van der Waals surface area (Å²) in [6.45, 7) is 1.74. The number of phenols is 1. The van der Waals surface area contributed by atoms with Crippen molar-refractivity contribution in [1.29, 1.82) is 0 Å². The number of phenolic OH excluding ortho intramolecular Hbond substituents is 1. The molecule has 11 heteroatoms. The van der Waals surface area contributed by atoms with E-state index in [1.807, 2.05) is 0 Å². The van der Waals surface area contributed by atoms with Gasteiger partial charge in [-0.15, -0.1) is 0 Å². The molecule has 4 rings (SSSR count). The molecule has 0 bridgehead atoms. The molecular weight excluding hydrogens is 460 g/mol. The second-order valence-corrected chi connectivity index (χ2v) is 9.37. The van der Waals surface area contributed by atoms with Crippen molar-refractivity contribution in [3.63, 3.8) is 0 Å². The van der Waals surface area contributed by atoms with E-state index in [4.69, 9.17) is 5.73 Å². The summed E-state index contributed by atoms with van der Waals surface area (Å²) in [5.41, 5.74) is 1.32. The van der Waals surface area contributed by atoms with E-state index >= 15 is 0 Å². The monoisotopic (exact) mass is 486 g/mol. The van der Waals surface area contributed by atoms with Crippen molar-refractivity contribution in [2.45, 2.75) is 30.9 Å². The number of primary amides is 1. The van der Waals surface area contributed by atoms with E-state index in [2.05, 4.69) is 4.74 Å². The molecule has 3 aliphatic carbocycles. The van der Waals surface area contributed by atoms with E-state index in [9.17, 15) is 39.6 Å². The summed E-state index contributed by atoms with van der Waals surface area (Å²) < 4.78 is 4.64. The molecule has 0 saturated heterocycles. The van der Waals surface area contributed by atoms with Gasteiger partial charge in [-0.05, 0) is 44.0 Å². The summed E-state index contributed by atoms with van der Waals surface area (Å²) in [4.78, 5) is 52.4. The second kappa shape index (κ2) is 7.92. The molecule has 5 atom stereocenters. The highest BCUT2D eigenvalue weighted by atomic mass is 16.5. The smallest absolute Gasteiger partial charge is 0.341 e. The van der Waals surface area contributed by atoms with E-state index < -0.39 is 75.7 Å². The minimum Gasteiger partial charge on any atom is -0.510 e. The Hall–Kier alpha value is -3.70. The topological polar surface area (TPSA) is 188 Å². The number of benzene rings is 1. The lowest BCUT2D eigenvalue weighted by atomic mass is 9.56. The van der Waals surface area contributed by atoms with Gasteiger partial charge in [0.25, 0.3) is 5.91 Å². The third-order valence-electron chi connectivity index (χ3n) is 7.51. The predicted octanol–water partition coefficient (Wildman–Crippen LogP) is 0.468. The number of nitrogens with zero attached hydrogens (tertiary/aromatic N) is 1. The Bertz CT molecular complexity index is 1260. The van der Waals surface area contributed by atoms with Crippen LogP contribution in [-0.4, -0.2) is 81.6 Å². The first-order valence-corrected chi connectivity index (χ1v) is 10.9. The molecule has 0 heterocycles. The average Bonchev–Trinajstić information content (AvgIpc) is 2.78.